The van der Waals surface area contributed by atoms with E-state index in [9.17, 15) is 4.79 Å². The second-order valence-corrected chi connectivity index (χ2v) is 9.27. The van der Waals surface area contributed by atoms with Crippen LogP contribution in [0.2, 0.25) is 0 Å². The molecule has 0 spiro atoms. The van der Waals surface area contributed by atoms with Crippen molar-refractivity contribution in [2.75, 3.05) is 39.3 Å². The number of rotatable bonds is 2. The molecule has 2 aliphatic carbocycles. The highest BCUT2D eigenvalue weighted by Crippen LogP contribution is 2.46. The quantitative estimate of drug-likeness (QED) is 0.832. The van der Waals surface area contributed by atoms with Gasteiger partial charge in [0.1, 0.15) is 0 Å². The number of nitrogens with zero attached hydrogens (tertiary/aromatic N) is 3. The number of urea groups is 1. The zero-order chi connectivity index (χ0) is 16.8. The molecule has 5 nitrogen and oxygen atoms in total. The maximum Gasteiger partial charge on any atom is 0.317 e. The van der Waals surface area contributed by atoms with Gasteiger partial charge in [-0.15, -0.1) is 0 Å². The van der Waals surface area contributed by atoms with E-state index in [0.29, 0.717) is 6.04 Å². The van der Waals surface area contributed by atoms with Crippen molar-refractivity contribution in [3.63, 3.8) is 0 Å². The van der Waals surface area contributed by atoms with Crippen molar-refractivity contribution >= 4 is 6.03 Å². The molecule has 3 aliphatic heterocycles. The van der Waals surface area contributed by atoms with E-state index >= 15 is 0 Å². The fourth-order valence-corrected chi connectivity index (χ4v) is 6.54. The van der Waals surface area contributed by atoms with Gasteiger partial charge in [0, 0.05) is 50.8 Å². The Morgan fingerprint density at radius 3 is 2.44 bits per heavy atom. The fraction of sp³-hybridized carbons (Fsp3) is 0.950. The summed E-state index contributed by atoms with van der Waals surface area (Å²) in [5, 5.41) is 3.35. The van der Waals surface area contributed by atoms with E-state index in [1.165, 1.54) is 51.6 Å². The van der Waals surface area contributed by atoms with Gasteiger partial charge >= 0.3 is 6.03 Å². The molecule has 0 aromatic carbocycles. The summed E-state index contributed by atoms with van der Waals surface area (Å²) in [4.78, 5) is 20.1. The van der Waals surface area contributed by atoms with Gasteiger partial charge in [-0.2, -0.15) is 0 Å². The van der Waals surface area contributed by atoms with E-state index in [0.717, 1.165) is 62.9 Å². The Morgan fingerprint density at radius 1 is 0.800 bits per heavy atom. The number of carbonyl (C=O) groups is 1. The van der Waals surface area contributed by atoms with Crippen molar-refractivity contribution in [3.8, 4) is 0 Å². The SMILES string of the molecule is O=C(NC1CCN2CCCC2C1)N1CCN(C2CC3CCC2C3)CC1. The first kappa shape index (κ1) is 16.4. The van der Waals surface area contributed by atoms with Crippen molar-refractivity contribution in [1.82, 2.24) is 20.0 Å². The number of hydrogen-bond acceptors (Lipinski definition) is 3. The molecule has 3 saturated heterocycles. The monoisotopic (exact) mass is 346 g/mol. The van der Waals surface area contributed by atoms with Crippen LogP contribution >= 0.6 is 0 Å². The van der Waals surface area contributed by atoms with Gasteiger partial charge in [0.2, 0.25) is 0 Å². The second kappa shape index (κ2) is 6.73. The largest absolute Gasteiger partial charge is 0.335 e. The normalized spacial score (nSPS) is 41.9. The molecule has 5 unspecified atom stereocenters. The molecular formula is C20H34N4O. The summed E-state index contributed by atoms with van der Waals surface area (Å²) in [5.41, 5.74) is 0. The van der Waals surface area contributed by atoms with Crippen LogP contribution in [0.15, 0.2) is 0 Å². The van der Waals surface area contributed by atoms with Crippen LogP contribution in [0, 0.1) is 11.8 Å². The number of amides is 2. The predicted molar refractivity (Wildman–Crippen MR) is 98.5 cm³/mol. The van der Waals surface area contributed by atoms with Crippen molar-refractivity contribution < 1.29 is 4.79 Å². The maximum atomic E-state index is 12.7. The summed E-state index contributed by atoms with van der Waals surface area (Å²) in [6.45, 7) is 6.46. The molecule has 5 rings (SSSR count). The van der Waals surface area contributed by atoms with Crippen LogP contribution in [0.5, 0.6) is 0 Å². The minimum absolute atomic E-state index is 0.198. The molecule has 140 valence electrons. The van der Waals surface area contributed by atoms with Gasteiger partial charge < -0.3 is 15.1 Å². The minimum atomic E-state index is 0.198. The summed E-state index contributed by atoms with van der Waals surface area (Å²) >= 11 is 0. The number of nitrogens with one attached hydrogen (secondary N) is 1. The Hall–Kier alpha value is -0.810. The summed E-state index contributed by atoms with van der Waals surface area (Å²) in [6, 6.07) is 2.16. The summed E-state index contributed by atoms with van der Waals surface area (Å²) in [5.74, 6) is 1.97. The lowest BCUT2D eigenvalue weighted by atomic mass is 9.93. The molecule has 2 saturated carbocycles. The molecule has 25 heavy (non-hydrogen) atoms. The molecule has 0 aromatic rings. The van der Waals surface area contributed by atoms with Gasteiger partial charge in [-0.1, -0.05) is 6.42 Å². The van der Waals surface area contributed by atoms with E-state index in [2.05, 4.69) is 20.0 Å². The second-order valence-electron chi connectivity index (χ2n) is 9.27. The molecule has 0 aromatic heterocycles. The van der Waals surface area contributed by atoms with Gasteiger partial charge in [-0.3, -0.25) is 4.90 Å². The minimum Gasteiger partial charge on any atom is -0.335 e. The summed E-state index contributed by atoms with van der Waals surface area (Å²) < 4.78 is 0. The molecule has 2 amide bonds. The standard InChI is InChI=1S/C20H34N4O/c25-20(21-17-5-7-22-6-1-2-18(22)14-17)24-10-8-23(9-11-24)19-13-15-3-4-16(19)12-15/h15-19H,1-14H2,(H,21,25). The number of piperidine rings is 1. The third-order valence-corrected chi connectivity index (χ3v) is 7.92. The first-order valence-electron chi connectivity index (χ1n) is 10.8. The highest BCUT2D eigenvalue weighted by Gasteiger charge is 2.43. The van der Waals surface area contributed by atoms with Crippen molar-refractivity contribution in [2.45, 2.75) is 69.5 Å². The Balaban J connectivity index is 1.09. The molecule has 5 fully saturated rings. The number of piperazine rings is 1. The van der Waals surface area contributed by atoms with Crippen molar-refractivity contribution in [2.24, 2.45) is 11.8 Å². The zero-order valence-electron chi connectivity index (χ0n) is 15.5. The van der Waals surface area contributed by atoms with Crippen LogP contribution in [0.4, 0.5) is 4.79 Å². The Kier molecular flexibility index (Phi) is 4.41. The third kappa shape index (κ3) is 3.18. The molecule has 3 heterocycles. The van der Waals surface area contributed by atoms with Crippen molar-refractivity contribution in [3.05, 3.63) is 0 Å². The molecule has 1 N–H and O–H groups in total. The molecule has 0 radical (unpaired) electrons. The molecule has 5 heteroatoms. The fourth-order valence-electron chi connectivity index (χ4n) is 6.54. The van der Waals surface area contributed by atoms with Gasteiger partial charge in [-0.05, 0) is 63.3 Å². The molecule has 5 aliphatic rings. The topological polar surface area (TPSA) is 38.8 Å². The predicted octanol–water partition coefficient (Wildman–Crippen LogP) is 2.13. The number of hydrogen-bond donors (Lipinski definition) is 1. The Labute approximate surface area is 152 Å². The van der Waals surface area contributed by atoms with Crippen LogP contribution in [0.3, 0.4) is 0 Å². The summed E-state index contributed by atoms with van der Waals surface area (Å²) in [6.07, 6.45) is 10.8. The van der Waals surface area contributed by atoms with Gasteiger partial charge in [0.05, 0.1) is 0 Å². The molecular weight excluding hydrogens is 312 g/mol. The smallest absolute Gasteiger partial charge is 0.317 e. The Bertz CT molecular complexity index is 504. The van der Waals surface area contributed by atoms with E-state index in [-0.39, 0.29) is 6.03 Å². The highest BCUT2D eigenvalue weighted by atomic mass is 16.2. The Morgan fingerprint density at radius 2 is 1.68 bits per heavy atom. The van der Waals surface area contributed by atoms with Gasteiger partial charge in [0.25, 0.3) is 0 Å². The molecule has 2 bridgehead atoms. The molecule has 5 atom stereocenters. The van der Waals surface area contributed by atoms with Crippen LogP contribution in [-0.4, -0.2) is 78.1 Å². The van der Waals surface area contributed by atoms with Crippen LogP contribution < -0.4 is 5.32 Å². The highest BCUT2D eigenvalue weighted by molar-refractivity contribution is 5.74. The van der Waals surface area contributed by atoms with Crippen LogP contribution in [-0.2, 0) is 0 Å². The summed E-state index contributed by atoms with van der Waals surface area (Å²) in [7, 11) is 0. The van der Waals surface area contributed by atoms with Crippen molar-refractivity contribution in [1.29, 1.82) is 0 Å². The lowest BCUT2D eigenvalue weighted by Gasteiger charge is -2.42. The zero-order valence-corrected chi connectivity index (χ0v) is 15.5. The number of fused-ring (bicyclic) bond motifs is 3. The lowest BCUT2D eigenvalue weighted by Crippen LogP contribution is -2.57. The third-order valence-electron chi connectivity index (χ3n) is 7.92. The first-order valence-corrected chi connectivity index (χ1v) is 10.8. The van der Waals surface area contributed by atoms with Crippen LogP contribution in [0.25, 0.3) is 0 Å². The van der Waals surface area contributed by atoms with Crippen LogP contribution in [0.1, 0.15) is 51.4 Å². The van der Waals surface area contributed by atoms with E-state index in [4.69, 9.17) is 0 Å². The average molecular weight is 347 g/mol. The van der Waals surface area contributed by atoms with E-state index < -0.39 is 0 Å². The van der Waals surface area contributed by atoms with Gasteiger partial charge in [-0.25, -0.2) is 4.79 Å². The lowest BCUT2D eigenvalue weighted by molar-refractivity contribution is 0.0801. The van der Waals surface area contributed by atoms with Gasteiger partial charge in [0.15, 0.2) is 0 Å². The van der Waals surface area contributed by atoms with E-state index in [1.807, 2.05) is 0 Å². The average Bonchev–Trinajstić information content (AvgIpc) is 3.38. The van der Waals surface area contributed by atoms with E-state index in [1.54, 1.807) is 0 Å². The first-order chi connectivity index (χ1) is 12.3. The number of carbonyl (C=O) groups excluding carboxylic acids is 1. The maximum absolute atomic E-state index is 12.7.